The van der Waals surface area contributed by atoms with Crippen LogP contribution in [0.15, 0.2) is 42.1 Å². The predicted octanol–water partition coefficient (Wildman–Crippen LogP) is -0.414. The summed E-state index contributed by atoms with van der Waals surface area (Å²) in [6.45, 7) is 2.22. The molecule has 0 spiro atoms. The Morgan fingerprint density at radius 1 is 1.09 bits per heavy atom. The maximum absolute atomic E-state index is 13.2. The van der Waals surface area contributed by atoms with Gasteiger partial charge in [-0.05, 0) is 25.3 Å². The highest BCUT2D eigenvalue weighted by Crippen LogP contribution is 2.33. The number of β-lactam (4-membered cyclic amide) rings is 1. The number of nitrogens with zero attached hydrogens (tertiary/aromatic N) is 3. The number of rotatable bonds is 6. The summed E-state index contributed by atoms with van der Waals surface area (Å²) in [5.74, 6) is -4.24. The van der Waals surface area contributed by atoms with Crippen molar-refractivity contribution in [3.8, 4) is 0 Å². The Hall–Kier alpha value is -4.22. The number of allylic oxidation sites excluding steroid dienone is 1. The van der Waals surface area contributed by atoms with Gasteiger partial charge in [0.2, 0.25) is 5.91 Å². The van der Waals surface area contributed by atoms with E-state index in [2.05, 4.69) is 10.6 Å². The number of carboxylic acids is 1. The zero-order valence-corrected chi connectivity index (χ0v) is 19.0. The molecule has 4 rings (SSSR count). The molecule has 0 unspecified atom stereocenters. The van der Waals surface area contributed by atoms with E-state index in [1.165, 1.54) is 11.0 Å². The van der Waals surface area contributed by atoms with Crippen LogP contribution in [0, 0.1) is 0 Å². The summed E-state index contributed by atoms with van der Waals surface area (Å²) in [6.07, 6.45) is 2.40. The van der Waals surface area contributed by atoms with E-state index in [1.54, 1.807) is 37.3 Å². The third kappa shape index (κ3) is 4.34. The highest BCUT2D eigenvalue weighted by Gasteiger charge is 2.52. The number of likely N-dealkylation sites (N-methyl/N-ethyl adjacent to an activating group) is 1. The molecule has 0 aliphatic carbocycles. The van der Waals surface area contributed by atoms with E-state index in [0.29, 0.717) is 24.9 Å². The van der Waals surface area contributed by atoms with Gasteiger partial charge < -0.3 is 20.6 Å². The van der Waals surface area contributed by atoms with Gasteiger partial charge in [-0.15, -0.1) is 0 Å². The van der Waals surface area contributed by atoms with Crippen molar-refractivity contribution in [1.29, 1.82) is 0 Å². The second kappa shape index (κ2) is 9.57. The summed E-state index contributed by atoms with van der Waals surface area (Å²) in [4.78, 5) is 78.0. The van der Waals surface area contributed by atoms with E-state index in [0.717, 1.165) is 9.80 Å². The van der Waals surface area contributed by atoms with Gasteiger partial charge in [-0.3, -0.25) is 29.0 Å². The molecule has 1 aromatic rings. The van der Waals surface area contributed by atoms with E-state index in [1.807, 2.05) is 0 Å². The molecule has 3 aliphatic rings. The zero-order valence-electron chi connectivity index (χ0n) is 19.0. The van der Waals surface area contributed by atoms with Crippen molar-refractivity contribution in [2.45, 2.75) is 37.9 Å². The monoisotopic (exact) mass is 483 g/mol. The number of hydrogen-bond donors (Lipinski definition) is 3. The average Bonchev–Trinajstić information content (AvgIpc) is 2.86. The van der Waals surface area contributed by atoms with E-state index in [4.69, 9.17) is 0 Å². The van der Waals surface area contributed by atoms with Gasteiger partial charge in [-0.2, -0.15) is 0 Å². The summed E-state index contributed by atoms with van der Waals surface area (Å²) in [5, 5.41) is 14.5. The summed E-state index contributed by atoms with van der Waals surface area (Å²) in [7, 11) is 0. The van der Waals surface area contributed by atoms with Crippen molar-refractivity contribution < 1.29 is 33.9 Å². The molecule has 12 heteroatoms. The van der Waals surface area contributed by atoms with Crippen LogP contribution in [-0.4, -0.2) is 87.2 Å². The van der Waals surface area contributed by atoms with Crippen LogP contribution in [0.5, 0.6) is 0 Å². The molecule has 184 valence electrons. The first-order chi connectivity index (χ1) is 16.7. The summed E-state index contributed by atoms with van der Waals surface area (Å²) < 4.78 is 0. The molecule has 2 fully saturated rings. The molecule has 6 amide bonds. The summed E-state index contributed by atoms with van der Waals surface area (Å²) >= 11 is 0. The van der Waals surface area contributed by atoms with E-state index >= 15 is 0 Å². The molecule has 3 aliphatic heterocycles. The lowest BCUT2D eigenvalue weighted by Gasteiger charge is -2.49. The smallest absolute Gasteiger partial charge is 0.352 e. The van der Waals surface area contributed by atoms with Crippen LogP contribution in [0.1, 0.15) is 31.4 Å². The number of benzene rings is 1. The first-order valence-electron chi connectivity index (χ1n) is 11.3. The molecular weight excluding hydrogens is 458 g/mol. The minimum atomic E-state index is -1.25. The first kappa shape index (κ1) is 23.9. The Bertz CT molecular complexity index is 1120. The number of amides is 6. The number of hydrogen-bond acceptors (Lipinski definition) is 6. The minimum absolute atomic E-state index is 0.0180. The topological polar surface area (TPSA) is 156 Å². The molecule has 1 aromatic carbocycles. The number of urea groups is 1. The Kier molecular flexibility index (Phi) is 6.54. The fraction of sp³-hybridized carbons (Fsp3) is 0.391. The number of imide groups is 1. The second-order valence-electron chi connectivity index (χ2n) is 8.37. The second-order valence-corrected chi connectivity index (χ2v) is 8.37. The third-order valence-corrected chi connectivity index (χ3v) is 6.40. The number of aliphatic carboxylic acids is 1. The first-order valence-corrected chi connectivity index (χ1v) is 11.3. The number of piperazine rings is 1. The molecule has 0 saturated carbocycles. The molecule has 3 heterocycles. The average molecular weight is 483 g/mol. The highest BCUT2D eigenvalue weighted by atomic mass is 16.4. The van der Waals surface area contributed by atoms with Crippen molar-refractivity contribution in [1.82, 2.24) is 25.3 Å². The lowest BCUT2D eigenvalue weighted by Crippen LogP contribution is -2.72. The highest BCUT2D eigenvalue weighted by molar-refractivity contribution is 6.38. The molecule has 0 radical (unpaired) electrons. The Morgan fingerprint density at radius 3 is 2.46 bits per heavy atom. The van der Waals surface area contributed by atoms with Gasteiger partial charge in [-0.25, -0.2) is 9.59 Å². The van der Waals surface area contributed by atoms with Crippen LogP contribution in [0.2, 0.25) is 0 Å². The van der Waals surface area contributed by atoms with Crippen LogP contribution in [0.25, 0.3) is 0 Å². The van der Waals surface area contributed by atoms with Crippen LogP contribution < -0.4 is 10.6 Å². The van der Waals surface area contributed by atoms with Crippen LogP contribution in [0.4, 0.5) is 4.79 Å². The van der Waals surface area contributed by atoms with Gasteiger partial charge in [0.05, 0.1) is 6.04 Å². The number of carbonyl (C=O) groups excluding carboxylic acids is 5. The molecule has 0 aromatic heterocycles. The van der Waals surface area contributed by atoms with Crippen LogP contribution in [0.3, 0.4) is 0 Å². The standard InChI is InChI=1S/C23H25N5O7/c1-2-26-11-12-27(21(32)20(26)31)23(35)25-16(13-7-4-3-5-8-13)18(29)24-17-14-9-6-10-15(22(33)34)28(14)19(17)30/h3-5,7-8,10,14,16-17H,2,6,9,11-12H2,1H3,(H,24,29)(H,25,35)(H,33,34)/t14-,16+,17-/m0/s1. The number of nitrogens with one attached hydrogen (secondary N) is 2. The van der Waals surface area contributed by atoms with Crippen LogP contribution in [-0.2, 0) is 24.0 Å². The number of carboxylic acid groups (broad SMARTS) is 1. The molecule has 3 atom stereocenters. The number of fused-ring (bicyclic) bond motifs is 1. The van der Waals surface area contributed by atoms with Crippen LogP contribution >= 0.6 is 0 Å². The van der Waals surface area contributed by atoms with Gasteiger partial charge in [0.25, 0.3) is 5.91 Å². The number of carbonyl (C=O) groups is 6. The summed E-state index contributed by atoms with van der Waals surface area (Å²) in [5.41, 5.74) is 0.293. The quantitative estimate of drug-likeness (QED) is 0.367. The van der Waals surface area contributed by atoms with Gasteiger partial charge in [0, 0.05) is 19.6 Å². The SMILES string of the molecule is CCN1CCN(C(=O)N[C@@H](C(=O)N[C@@H]2C(=O)N3C(C(=O)O)=CCC[C@@H]23)c2ccccc2)C(=O)C1=O. The molecule has 0 bridgehead atoms. The molecule has 2 saturated heterocycles. The van der Waals surface area contributed by atoms with Crippen molar-refractivity contribution >= 4 is 35.6 Å². The maximum atomic E-state index is 13.2. The van der Waals surface area contributed by atoms with Gasteiger partial charge in [0.1, 0.15) is 17.8 Å². The lowest BCUT2D eigenvalue weighted by atomic mass is 9.86. The predicted molar refractivity (Wildman–Crippen MR) is 119 cm³/mol. The van der Waals surface area contributed by atoms with Gasteiger partial charge >= 0.3 is 23.8 Å². The molecule has 3 N–H and O–H groups in total. The minimum Gasteiger partial charge on any atom is -0.477 e. The largest absolute Gasteiger partial charge is 0.477 e. The van der Waals surface area contributed by atoms with E-state index < -0.39 is 53.8 Å². The normalized spacial score (nSPS) is 22.6. The molecule has 12 nitrogen and oxygen atoms in total. The fourth-order valence-corrected chi connectivity index (χ4v) is 4.53. The lowest BCUT2D eigenvalue weighted by molar-refractivity contribution is -0.156. The molecular formula is C23H25N5O7. The van der Waals surface area contributed by atoms with E-state index in [-0.39, 0.29) is 18.8 Å². The van der Waals surface area contributed by atoms with Crippen molar-refractivity contribution in [2.75, 3.05) is 19.6 Å². The van der Waals surface area contributed by atoms with Gasteiger partial charge in [0.15, 0.2) is 0 Å². The Balaban J connectivity index is 1.50. The fourth-order valence-electron chi connectivity index (χ4n) is 4.53. The molecule has 35 heavy (non-hydrogen) atoms. The zero-order chi connectivity index (χ0) is 25.3. The van der Waals surface area contributed by atoms with Gasteiger partial charge in [-0.1, -0.05) is 36.4 Å². The maximum Gasteiger partial charge on any atom is 0.352 e. The summed E-state index contributed by atoms with van der Waals surface area (Å²) in [6, 6.07) is 4.66. The van der Waals surface area contributed by atoms with E-state index in [9.17, 15) is 33.9 Å². The van der Waals surface area contributed by atoms with Crippen molar-refractivity contribution in [3.63, 3.8) is 0 Å². The Morgan fingerprint density at radius 2 is 1.80 bits per heavy atom. The third-order valence-electron chi connectivity index (χ3n) is 6.40. The van der Waals surface area contributed by atoms with Crippen molar-refractivity contribution in [2.24, 2.45) is 0 Å². The Labute approximate surface area is 200 Å². The van der Waals surface area contributed by atoms with Crippen molar-refractivity contribution in [3.05, 3.63) is 47.7 Å².